The van der Waals surface area contributed by atoms with Crippen molar-refractivity contribution in [3.8, 4) is 0 Å². The third kappa shape index (κ3) is 1.13. The summed E-state index contributed by atoms with van der Waals surface area (Å²) in [6.45, 7) is 2.72. The number of carboxylic acid groups (broad SMARTS) is 1. The summed E-state index contributed by atoms with van der Waals surface area (Å²) in [5.41, 5.74) is -0.705. The van der Waals surface area contributed by atoms with Gasteiger partial charge in [-0.05, 0) is 32.1 Å². The second kappa shape index (κ2) is 2.64. The van der Waals surface area contributed by atoms with Gasteiger partial charge in [0.05, 0.1) is 18.1 Å². The first-order valence-electron chi connectivity index (χ1n) is 5.60. The largest absolute Gasteiger partial charge is 0.481 e. The summed E-state index contributed by atoms with van der Waals surface area (Å²) in [6, 6.07) is 0. The van der Waals surface area contributed by atoms with E-state index in [9.17, 15) is 9.90 Å². The van der Waals surface area contributed by atoms with Gasteiger partial charge in [-0.3, -0.25) is 4.79 Å². The van der Waals surface area contributed by atoms with E-state index in [1.165, 1.54) is 0 Å². The molecule has 1 heterocycles. The van der Waals surface area contributed by atoms with Crippen molar-refractivity contribution >= 4 is 5.97 Å². The number of hydrogen-bond donors (Lipinski definition) is 1. The van der Waals surface area contributed by atoms with Crippen LogP contribution in [0.3, 0.4) is 0 Å². The number of carbonyl (C=O) groups is 1. The third-order valence-electron chi connectivity index (χ3n) is 4.55. The van der Waals surface area contributed by atoms with Crippen LogP contribution in [0.15, 0.2) is 12.2 Å². The van der Waals surface area contributed by atoms with Gasteiger partial charge in [0.15, 0.2) is 0 Å². The number of fused-ring (bicyclic) bond motifs is 2. The Kier molecular flexibility index (Phi) is 1.66. The van der Waals surface area contributed by atoms with E-state index < -0.39 is 11.4 Å². The molecule has 15 heavy (non-hydrogen) atoms. The summed E-state index contributed by atoms with van der Waals surface area (Å²) in [6.07, 6.45) is 7.36. The quantitative estimate of drug-likeness (QED) is 0.568. The molecular weight excluding hydrogens is 192 g/mol. The standard InChI is InChI=1S/C12H16O3/c1-11(10(13)14)4-8-2-3-12(11,5-8)6-9-7-15-9/h2-3,8-9H,4-7H2,1H3,(H,13,14). The smallest absolute Gasteiger partial charge is 0.310 e. The highest BCUT2D eigenvalue weighted by Gasteiger charge is 2.61. The molecule has 0 aromatic heterocycles. The second-order valence-corrected chi connectivity index (χ2v) is 5.48. The maximum atomic E-state index is 11.4. The zero-order valence-corrected chi connectivity index (χ0v) is 8.90. The van der Waals surface area contributed by atoms with Crippen molar-refractivity contribution in [2.45, 2.75) is 32.3 Å². The lowest BCUT2D eigenvalue weighted by atomic mass is 9.64. The highest BCUT2D eigenvalue weighted by atomic mass is 16.6. The van der Waals surface area contributed by atoms with Crippen LogP contribution in [0.25, 0.3) is 0 Å². The molecular formula is C12H16O3. The molecule has 1 N–H and O–H groups in total. The van der Waals surface area contributed by atoms with E-state index in [1.54, 1.807) is 0 Å². The number of allylic oxidation sites excluding steroid dienone is 2. The molecule has 2 aliphatic carbocycles. The van der Waals surface area contributed by atoms with E-state index >= 15 is 0 Å². The van der Waals surface area contributed by atoms with E-state index in [2.05, 4.69) is 12.2 Å². The van der Waals surface area contributed by atoms with Gasteiger partial charge in [0.25, 0.3) is 0 Å². The Morgan fingerprint density at radius 3 is 2.87 bits per heavy atom. The molecule has 1 saturated heterocycles. The average Bonchev–Trinajstić information content (AvgIpc) is 2.79. The van der Waals surface area contributed by atoms with E-state index in [4.69, 9.17) is 4.74 Å². The van der Waals surface area contributed by atoms with Crippen LogP contribution in [0.4, 0.5) is 0 Å². The Morgan fingerprint density at radius 1 is 1.60 bits per heavy atom. The van der Waals surface area contributed by atoms with E-state index in [0.717, 1.165) is 25.9 Å². The van der Waals surface area contributed by atoms with Crippen molar-refractivity contribution in [2.75, 3.05) is 6.61 Å². The fraction of sp³-hybridized carbons (Fsp3) is 0.750. The summed E-state index contributed by atoms with van der Waals surface area (Å²) in [5, 5.41) is 9.42. The van der Waals surface area contributed by atoms with Crippen molar-refractivity contribution in [3.63, 3.8) is 0 Å². The van der Waals surface area contributed by atoms with Gasteiger partial charge in [-0.1, -0.05) is 12.2 Å². The lowest BCUT2D eigenvalue weighted by Crippen LogP contribution is -2.41. The zero-order chi connectivity index (χ0) is 10.7. The molecule has 0 amide bonds. The maximum Gasteiger partial charge on any atom is 0.310 e. The van der Waals surface area contributed by atoms with Crippen molar-refractivity contribution in [2.24, 2.45) is 16.7 Å². The molecule has 3 nitrogen and oxygen atoms in total. The number of aliphatic carboxylic acids is 1. The van der Waals surface area contributed by atoms with Crippen LogP contribution < -0.4 is 0 Å². The van der Waals surface area contributed by atoms with Crippen molar-refractivity contribution in [1.82, 2.24) is 0 Å². The van der Waals surface area contributed by atoms with Gasteiger partial charge in [0.1, 0.15) is 0 Å². The van der Waals surface area contributed by atoms with Gasteiger partial charge >= 0.3 is 5.97 Å². The topological polar surface area (TPSA) is 49.8 Å². The van der Waals surface area contributed by atoms with Crippen LogP contribution in [0, 0.1) is 16.7 Å². The van der Waals surface area contributed by atoms with E-state index in [0.29, 0.717) is 12.0 Å². The SMILES string of the molecule is CC1(C(=O)O)CC2C=CC1(CC1CO1)C2. The summed E-state index contributed by atoms with van der Waals surface area (Å²) >= 11 is 0. The van der Waals surface area contributed by atoms with Crippen molar-refractivity contribution in [1.29, 1.82) is 0 Å². The zero-order valence-electron chi connectivity index (χ0n) is 8.90. The number of hydrogen-bond acceptors (Lipinski definition) is 2. The predicted octanol–water partition coefficient (Wildman–Crippen LogP) is 1.83. The Balaban J connectivity index is 1.95. The molecule has 4 atom stereocenters. The van der Waals surface area contributed by atoms with Crippen LogP contribution >= 0.6 is 0 Å². The molecule has 0 radical (unpaired) electrons. The first-order chi connectivity index (χ1) is 7.06. The monoisotopic (exact) mass is 208 g/mol. The Labute approximate surface area is 89.1 Å². The minimum absolute atomic E-state index is 0.134. The van der Waals surface area contributed by atoms with E-state index in [1.807, 2.05) is 6.92 Å². The molecule has 3 rings (SSSR count). The second-order valence-electron chi connectivity index (χ2n) is 5.48. The summed E-state index contributed by atoms with van der Waals surface area (Å²) < 4.78 is 5.26. The van der Waals surface area contributed by atoms with Crippen LogP contribution in [-0.4, -0.2) is 23.8 Å². The summed E-state index contributed by atoms with van der Waals surface area (Å²) in [4.78, 5) is 11.4. The molecule has 2 bridgehead atoms. The van der Waals surface area contributed by atoms with Gasteiger partial charge in [0.2, 0.25) is 0 Å². The van der Waals surface area contributed by atoms with Gasteiger partial charge in [-0.2, -0.15) is 0 Å². The Hall–Kier alpha value is -0.830. The van der Waals surface area contributed by atoms with Crippen LogP contribution in [0.2, 0.25) is 0 Å². The summed E-state index contributed by atoms with van der Waals surface area (Å²) in [5.74, 6) is -0.167. The van der Waals surface area contributed by atoms with Crippen LogP contribution in [0.1, 0.15) is 26.2 Å². The highest BCUT2D eigenvalue weighted by Crippen LogP contribution is 2.63. The molecule has 82 valence electrons. The van der Waals surface area contributed by atoms with Crippen LogP contribution in [-0.2, 0) is 9.53 Å². The fourth-order valence-corrected chi connectivity index (χ4v) is 3.47. The molecule has 0 aromatic rings. The first kappa shape index (κ1) is 9.40. The Morgan fingerprint density at radius 2 is 2.33 bits per heavy atom. The fourth-order valence-electron chi connectivity index (χ4n) is 3.47. The third-order valence-corrected chi connectivity index (χ3v) is 4.55. The number of epoxide rings is 1. The molecule has 0 aromatic carbocycles. The van der Waals surface area contributed by atoms with E-state index in [-0.39, 0.29) is 5.41 Å². The lowest BCUT2D eigenvalue weighted by Gasteiger charge is -2.38. The highest BCUT2D eigenvalue weighted by molar-refractivity contribution is 5.77. The molecule has 1 saturated carbocycles. The summed E-state index contributed by atoms with van der Waals surface area (Å²) in [7, 11) is 0. The first-order valence-corrected chi connectivity index (χ1v) is 5.60. The Bertz CT molecular complexity index is 345. The lowest BCUT2D eigenvalue weighted by molar-refractivity contribution is -0.153. The molecule has 3 heteroatoms. The van der Waals surface area contributed by atoms with Gasteiger partial charge < -0.3 is 9.84 Å². The van der Waals surface area contributed by atoms with Gasteiger partial charge in [0, 0.05) is 5.41 Å². The van der Waals surface area contributed by atoms with Crippen molar-refractivity contribution in [3.05, 3.63) is 12.2 Å². The molecule has 0 spiro atoms. The van der Waals surface area contributed by atoms with Gasteiger partial charge in [-0.15, -0.1) is 0 Å². The number of ether oxygens (including phenoxy) is 1. The van der Waals surface area contributed by atoms with Crippen LogP contribution in [0.5, 0.6) is 0 Å². The molecule has 3 aliphatic rings. The maximum absolute atomic E-state index is 11.4. The van der Waals surface area contributed by atoms with Crippen molar-refractivity contribution < 1.29 is 14.6 Å². The number of carboxylic acids is 1. The molecule has 4 unspecified atom stereocenters. The minimum atomic E-state index is -0.644. The molecule has 1 aliphatic heterocycles. The predicted molar refractivity (Wildman–Crippen MR) is 54.4 cm³/mol. The number of rotatable bonds is 3. The minimum Gasteiger partial charge on any atom is -0.481 e. The average molecular weight is 208 g/mol. The molecule has 2 fully saturated rings. The normalized spacial score (nSPS) is 51.0. The van der Waals surface area contributed by atoms with Gasteiger partial charge in [-0.25, -0.2) is 0 Å².